The van der Waals surface area contributed by atoms with E-state index in [2.05, 4.69) is 15.9 Å². The molecule has 0 aliphatic heterocycles. The summed E-state index contributed by atoms with van der Waals surface area (Å²) in [7, 11) is 0. The van der Waals surface area contributed by atoms with E-state index in [1.165, 1.54) is 0 Å². The minimum atomic E-state index is -0.0403. The molecule has 0 radical (unpaired) electrons. The van der Waals surface area contributed by atoms with Crippen molar-refractivity contribution >= 4 is 15.9 Å². The zero-order valence-corrected chi connectivity index (χ0v) is 12.4. The van der Waals surface area contributed by atoms with E-state index in [9.17, 15) is 0 Å². The average Bonchev–Trinajstić information content (AvgIpc) is 2.27. The second-order valence-electron chi connectivity index (χ2n) is 3.89. The molecule has 96 valence electrons. The highest BCUT2D eigenvalue weighted by Crippen LogP contribution is 2.40. The van der Waals surface area contributed by atoms with Crippen LogP contribution in [0, 0.1) is 6.92 Å². The molecule has 0 heterocycles. The number of hydrogen-bond acceptors (Lipinski definition) is 3. The molecule has 17 heavy (non-hydrogen) atoms. The molecule has 0 aliphatic carbocycles. The van der Waals surface area contributed by atoms with Gasteiger partial charge in [0.25, 0.3) is 0 Å². The zero-order valence-electron chi connectivity index (χ0n) is 10.8. The standard InChI is InChI=1S/C13H20BrNO2/c1-5-16-11-7-10(9(4)15)8(3)13(12(11)14)17-6-2/h7,9H,5-6,15H2,1-4H3/t9-/m1/s1. The van der Waals surface area contributed by atoms with Crippen LogP contribution in [0.4, 0.5) is 0 Å². The fourth-order valence-electron chi connectivity index (χ4n) is 1.77. The SMILES string of the molecule is CCOc1cc([C@@H](C)N)c(C)c(OCC)c1Br. The van der Waals surface area contributed by atoms with E-state index < -0.39 is 0 Å². The third-order valence-electron chi connectivity index (χ3n) is 2.55. The molecule has 0 saturated carbocycles. The van der Waals surface area contributed by atoms with Crippen molar-refractivity contribution < 1.29 is 9.47 Å². The fourth-order valence-corrected chi connectivity index (χ4v) is 2.41. The van der Waals surface area contributed by atoms with Gasteiger partial charge in [0.2, 0.25) is 0 Å². The molecular weight excluding hydrogens is 282 g/mol. The van der Waals surface area contributed by atoms with Crippen LogP contribution >= 0.6 is 15.9 Å². The first-order chi connectivity index (χ1) is 8.02. The van der Waals surface area contributed by atoms with Gasteiger partial charge in [-0.1, -0.05) is 0 Å². The van der Waals surface area contributed by atoms with Crippen molar-refractivity contribution in [2.75, 3.05) is 13.2 Å². The number of benzene rings is 1. The Kier molecular flexibility index (Phi) is 5.28. The van der Waals surface area contributed by atoms with Crippen LogP contribution in [0.25, 0.3) is 0 Å². The van der Waals surface area contributed by atoms with Crippen LogP contribution in [0.15, 0.2) is 10.5 Å². The molecule has 2 N–H and O–H groups in total. The molecule has 4 heteroatoms. The topological polar surface area (TPSA) is 44.5 Å². The molecule has 0 unspecified atom stereocenters. The number of halogens is 1. The van der Waals surface area contributed by atoms with Crippen LogP contribution in [0.5, 0.6) is 11.5 Å². The summed E-state index contributed by atoms with van der Waals surface area (Å²) in [5.74, 6) is 1.61. The van der Waals surface area contributed by atoms with Crippen LogP contribution in [-0.4, -0.2) is 13.2 Å². The van der Waals surface area contributed by atoms with Gasteiger partial charge < -0.3 is 15.2 Å². The smallest absolute Gasteiger partial charge is 0.140 e. The molecular formula is C13H20BrNO2. The van der Waals surface area contributed by atoms with Crippen LogP contribution in [0.2, 0.25) is 0 Å². The Bertz CT molecular complexity index is 391. The summed E-state index contributed by atoms with van der Waals surface area (Å²) in [4.78, 5) is 0. The van der Waals surface area contributed by atoms with Gasteiger partial charge in [-0.2, -0.15) is 0 Å². The molecule has 0 spiro atoms. The largest absolute Gasteiger partial charge is 0.493 e. The Morgan fingerprint density at radius 3 is 2.35 bits per heavy atom. The first kappa shape index (κ1) is 14.3. The van der Waals surface area contributed by atoms with Gasteiger partial charge in [0.15, 0.2) is 0 Å². The number of rotatable bonds is 5. The highest BCUT2D eigenvalue weighted by molar-refractivity contribution is 9.10. The van der Waals surface area contributed by atoms with Crippen LogP contribution in [-0.2, 0) is 0 Å². The lowest BCUT2D eigenvalue weighted by Gasteiger charge is -2.19. The Morgan fingerprint density at radius 1 is 1.29 bits per heavy atom. The summed E-state index contributed by atoms with van der Waals surface area (Å²) in [5.41, 5.74) is 8.09. The highest BCUT2D eigenvalue weighted by atomic mass is 79.9. The third-order valence-corrected chi connectivity index (χ3v) is 3.31. The Balaban J connectivity index is 3.34. The summed E-state index contributed by atoms with van der Waals surface area (Å²) in [5, 5.41) is 0. The van der Waals surface area contributed by atoms with Crippen molar-refractivity contribution in [3.63, 3.8) is 0 Å². The second kappa shape index (κ2) is 6.26. The number of hydrogen-bond donors (Lipinski definition) is 1. The van der Waals surface area contributed by atoms with Crippen LogP contribution < -0.4 is 15.2 Å². The van der Waals surface area contributed by atoms with Gasteiger partial charge >= 0.3 is 0 Å². The summed E-state index contributed by atoms with van der Waals surface area (Å²) in [6.07, 6.45) is 0. The van der Waals surface area contributed by atoms with E-state index in [1.54, 1.807) is 0 Å². The molecule has 1 rings (SSSR count). The average molecular weight is 302 g/mol. The van der Waals surface area contributed by atoms with E-state index in [1.807, 2.05) is 33.8 Å². The van der Waals surface area contributed by atoms with Gasteiger partial charge in [-0.3, -0.25) is 0 Å². The lowest BCUT2D eigenvalue weighted by molar-refractivity contribution is 0.316. The summed E-state index contributed by atoms with van der Waals surface area (Å²) in [6, 6.07) is 1.94. The lowest BCUT2D eigenvalue weighted by Crippen LogP contribution is -2.10. The first-order valence-corrected chi connectivity index (χ1v) is 6.66. The Morgan fingerprint density at radius 2 is 1.88 bits per heavy atom. The van der Waals surface area contributed by atoms with E-state index >= 15 is 0 Å². The maximum absolute atomic E-state index is 5.97. The molecule has 0 saturated heterocycles. The van der Waals surface area contributed by atoms with Gasteiger partial charge in [0.05, 0.1) is 13.2 Å². The molecule has 0 fully saturated rings. The normalized spacial score (nSPS) is 12.4. The Hall–Kier alpha value is -0.740. The van der Waals surface area contributed by atoms with E-state index in [0.29, 0.717) is 13.2 Å². The lowest BCUT2D eigenvalue weighted by atomic mass is 10.0. The minimum Gasteiger partial charge on any atom is -0.493 e. The van der Waals surface area contributed by atoms with Gasteiger partial charge in [-0.15, -0.1) is 0 Å². The number of ether oxygens (including phenoxy) is 2. The van der Waals surface area contributed by atoms with Crippen LogP contribution in [0.3, 0.4) is 0 Å². The molecule has 1 atom stereocenters. The fraction of sp³-hybridized carbons (Fsp3) is 0.538. The van der Waals surface area contributed by atoms with Gasteiger partial charge in [0, 0.05) is 6.04 Å². The van der Waals surface area contributed by atoms with Crippen molar-refractivity contribution in [1.82, 2.24) is 0 Å². The van der Waals surface area contributed by atoms with Crippen LogP contribution in [0.1, 0.15) is 37.9 Å². The summed E-state index contributed by atoms with van der Waals surface area (Å²) < 4.78 is 12.1. The predicted octanol–water partition coefficient (Wildman–Crippen LogP) is 3.57. The quantitative estimate of drug-likeness (QED) is 0.904. The molecule has 0 aromatic heterocycles. The van der Waals surface area contributed by atoms with Crippen molar-refractivity contribution in [3.05, 3.63) is 21.7 Å². The highest BCUT2D eigenvalue weighted by Gasteiger charge is 2.17. The van der Waals surface area contributed by atoms with Crippen molar-refractivity contribution in [3.8, 4) is 11.5 Å². The summed E-state index contributed by atoms with van der Waals surface area (Å²) >= 11 is 3.53. The van der Waals surface area contributed by atoms with E-state index in [0.717, 1.165) is 27.1 Å². The van der Waals surface area contributed by atoms with Crippen molar-refractivity contribution in [1.29, 1.82) is 0 Å². The molecule has 0 bridgehead atoms. The van der Waals surface area contributed by atoms with Gasteiger partial charge in [-0.05, 0) is 60.8 Å². The van der Waals surface area contributed by atoms with Crippen molar-refractivity contribution in [2.45, 2.75) is 33.7 Å². The predicted molar refractivity (Wildman–Crippen MR) is 73.8 cm³/mol. The third kappa shape index (κ3) is 3.13. The molecule has 1 aromatic rings. The summed E-state index contributed by atoms with van der Waals surface area (Å²) in [6.45, 7) is 9.13. The molecule has 0 aliphatic rings. The second-order valence-corrected chi connectivity index (χ2v) is 4.68. The zero-order chi connectivity index (χ0) is 13.0. The van der Waals surface area contributed by atoms with Gasteiger partial charge in [-0.25, -0.2) is 0 Å². The maximum Gasteiger partial charge on any atom is 0.140 e. The maximum atomic E-state index is 5.97. The van der Waals surface area contributed by atoms with E-state index in [4.69, 9.17) is 15.2 Å². The van der Waals surface area contributed by atoms with E-state index in [-0.39, 0.29) is 6.04 Å². The van der Waals surface area contributed by atoms with Crippen molar-refractivity contribution in [2.24, 2.45) is 5.73 Å². The van der Waals surface area contributed by atoms with Gasteiger partial charge in [0.1, 0.15) is 16.0 Å². The molecule has 3 nitrogen and oxygen atoms in total. The molecule has 0 amide bonds. The monoisotopic (exact) mass is 301 g/mol. The number of nitrogens with two attached hydrogens (primary N) is 1. The first-order valence-electron chi connectivity index (χ1n) is 5.87. The Labute approximate surface area is 111 Å². The molecule has 1 aromatic carbocycles. The minimum absolute atomic E-state index is 0.0403.